The van der Waals surface area contributed by atoms with Crippen LogP contribution in [0.25, 0.3) is 65.4 Å². The number of para-hydroxylation sites is 2. The second kappa shape index (κ2) is 12.5. The molecule has 0 bridgehead atoms. The second-order valence-corrected chi connectivity index (χ2v) is 15.1. The fraction of sp³-hybridized carbons (Fsp3) is 0.154. The lowest BCUT2D eigenvalue weighted by molar-refractivity contribution is 0.543. The van der Waals surface area contributed by atoms with Crippen LogP contribution < -0.4 is 4.90 Å². The number of allylic oxidation sites excluding steroid dienone is 5. The van der Waals surface area contributed by atoms with Crippen LogP contribution in [0.4, 0.5) is 5.69 Å². The van der Waals surface area contributed by atoms with Gasteiger partial charge in [-0.05, 0) is 136 Å². The van der Waals surface area contributed by atoms with Gasteiger partial charge in [-0.2, -0.15) is 0 Å². The minimum absolute atomic E-state index is 0.0771. The Labute approximate surface area is 317 Å². The summed E-state index contributed by atoms with van der Waals surface area (Å²) < 4.78 is 2.47. The van der Waals surface area contributed by atoms with Crippen LogP contribution in [0.2, 0.25) is 0 Å². The van der Waals surface area contributed by atoms with Gasteiger partial charge in [0.1, 0.15) is 0 Å². The average molecular weight is 697 g/mol. The van der Waals surface area contributed by atoms with E-state index in [-0.39, 0.29) is 5.54 Å². The van der Waals surface area contributed by atoms with E-state index in [2.05, 4.69) is 181 Å². The Kier molecular flexibility index (Phi) is 7.52. The molecule has 54 heavy (non-hydrogen) atoms. The lowest BCUT2D eigenvalue weighted by Gasteiger charge is -2.41. The number of aromatic nitrogens is 1. The summed E-state index contributed by atoms with van der Waals surface area (Å²) >= 11 is 0. The molecule has 2 heterocycles. The highest BCUT2D eigenvalue weighted by Crippen LogP contribution is 2.53. The molecule has 8 aromatic rings. The van der Waals surface area contributed by atoms with Gasteiger partial charge in [-0.25, -0.2) is 0 Å². The van der Waals surface area contributed by atoms with Crippen molar-refractivity contribution in [2.24, 2.45) is 0 Å². The second-order valence-electron chi connectivity index (χ2n) is 15.1. The molecule has 262 valence electrons. The zero-order valence-corrected chi connectivity index (χ0v) is 31.5. The van der Waals surface area contributed by atoms with Crippen molar-refractivity contribution in [2.75, 3.05) is 4.90 Å². The third kappa shape index (κ3) is 4.72. The van der Waals surface area contributed by atoms with Crippen LogP contribution in [0.1, 0.15) is 52.5 Å². The minimum atomic E-state index is -0.0771. The van der Waals surface area contributed by atoms with Gasteiger partial charge in [-0.3, -0.25) is 0 Å². The molecular formula is C52H44N2. The molecule has 0 fully saturated rings. The van der Waals surface area contributed by atoms with Crippen LogP contribution >= 0.6 is 0 Å². The Morgan fingerprint density at radius 2 is 1.13 bits per heavy atom. The number of benzene rings is 7. The third-order valence-electron chi connectivity index (χ3n) is 12.1. The number of hydrogen-bond donors (Lipinski definition) is 0. The van der Waals surface area contributed by atoms with Crippen molar-refractivity contribution in [3.05, 3.63) is 186 Å². The maximum atomic E-state index is 2.64. The van der Waals surface area contributed by atoms with Crippen LogP contribution in [0.15, 0.2) is 180 Å². The quantitative estimate of drug-likeness (QED) is 0.167. The number of rotatable bonds is 3. The molecule has 2 nitrogen and oxygen atoms in total. The third-order valence-corrected chi connectivity index (χ3v) is 12.1. The van der Waals surface area contributed by atoms with Crippen LogP contribution in [0, 0.1) is 0 Å². The van der Waals surface area contributed by atoms with Gasteiger partial charge in [0.2, 0.25) is 0 Å². The van der Waals surface area contributed by atoms with E-state index in [9.17, 15) is 0 Å². The number of anilines is 1. The van der Waals surface area contributed by atoms with Gasteiger partial charge >= 0.3 is 0 Å². The average Bonchev–Trinajstić information content (AvgIpc) is 3.70. The molecule has 1 aliphatic heterocycles. The van der Waals surface area contributed by atoms with Crippen molar-refractivity contribution in [1.29, 1.82) is 0 Å². The minimum Gasteiger partial charge on any atom is -0.334 e. The zero-order valence-electron chi connectivity index (χ0n) is 31.5. The van der Waals surface area contributed by atoms with Crippen molar-refractivity contribution >= 4 is 65.4 Å². The van der Waals surface area contributed by atoms with Crippen LogP contribution in [0.5, 0.6) is 0 Å². The Morgan fingerprint density at radius 1 is 0.519 bits per heavy atom. The van der Waals surface area contributed by atoms with Gasteiger partial charge in [0.25, 0.3) is 0 Å². The van der Waals surface area contributed by atoms with E-state index < -0.39 is 0 Å². The summed E-state index contributed by atoms with van der Waals surface area (Å²) in [5.74, 6) is 0. The highest BCUT2D eigenvalue weighted by molar-refractivity contribution is 6.25. The van der Waals surface area contributed by atoms with Crippen molar-refractivity contribution in [2.45, 2.75) is 52.5 Å². The molecule has 1 unspecified atom stereocenters. The summed E-state index contributed by atoms with van der Waals surface area (Å²) in [4.78, 5) is 2.64. The molecule has 0 saturated heterocycles. The molecule has 1 atom stereocenters. The summed E-state index contributed by atoms with van der Waals surface area (Å²) in [6.07, 6.45) is 10.4. The van der Waals surface area contributed by atoms with Gasteiger partial charge < -0.3 is 9.47 Å². The van der Waals surface area contributed by atoms with Crippen LogP contribution in [-0.2, 0) is 0 Å². The van der Waals surface area contributed by atoms with Crippen LogP contribution in [0.3, 0.4) is 0 Å². The Hall–Kier alpha value is -6.12. The van der Waals surface area contributed by atoms with Gasteiger partial charge in [-0.1, -0.05) is 129 Å². The molecule has 2 aliphatic carbocycles. The van der Waals surface area contributed by atoms with Gasteiger partial charge in [-0.15, -0.1) is 0 Å². The molecule has 3 aliphatic rings. The first-order valence-corrected chi connectivity index (χ1v) is 19.6. The molecule has 0 amide bonds. The first-order valence-electron chi connectivity index (χ1n) is 19.6. The van der Waals surface area contributed by atoms with E-state index in [4.69, 9.17) is 0 Å². The zero-order chi connectivity index (χ0) is 36.6. The van der Waals surface area contributed by atoms with Crippen molar-refractivity contribution in [3.8, 4) is 5.69 Å². The Balaban J connectivity index is 0.00000178. The Morgan fingerprint density at radius 3 is 1.85 bits per heavy atom. The van der Waals surface area contributed by atoms with E-state index in [1.54, 1.807) is 0 Å². The van der Waals surface area contributed by atoms with Gasteiger partial charge in [0.15, 0.2) is 0 Å². The number of hydrogen-bond acceptors (Lipinski definition) is 1. The van der Waals surface area contributed by atoms with Crippen LogP contribution in [-0.4, -0.2) is 10.1 Å². The molecule has 1 aromatic heterocycles. The first-order chi connectivity index (χ1) is 26.6. The molecule has 0 N–H and O–H groups in total. The lowest BCUT2D eigenvalue weighted by Crippen LogP contribution is -2.43. The SMILES string of the molecule is CC.CC1=CCC2(C)C(=C1)C1=C(CCC(c3ccc4c(c3)c3ccccc3n4-c3ccc4c5ccccc5c5ccccc5c4c3)=C1)N2c1ccccc1. The molecule has 0 radical (unpaired) electrons. The van der Waals surface area contributed by atoms with E-state index in [1.165, 1.54) is 99.1 Å². The fourth-order valence-electron chi connectivity index (χ4n) is 9.70. The van der Waals surface area contributed by atoms with E-state index >= 15 is 0 Å². The summed E-state index contributed by atoms with van der Waals surface area (Å²) in [7, 11) is 0. The Bertz CT molecular complexity index is 2910. The number of nitrogens with zero attached hydrogens (tertiary/aromatic N) is 2. The lowest BCUT2D eigenvalue weighted by atomic mass is 9.79. The summed E-state index contributed by atoms with van der Waals surface area (Å²) in [6.45, 7) is 8.68. The predicted octanol–water partition coefficient (Wildman–Crippen LogP) is 14.3. The van der Waals surface area contributed by atoms with Gasteiger partial charge in [0.05, 0.1) is 16.6 Å². The molecule has 7 aromatic carbocycles. The molecule has 11 rings (SSSR count). The predicted molar refractivity (Wildman–Crippen MR) is 233 cm³/mol. The molecular weight excluding hydrogens is 653 g/mol. The van der Waals surface area contributed by atoms with E-state index in [1.807, 2.05) is 13.8 Å². The maximum Gasteiger partial charge on any atom is 0.0712 e. The fourth-order valence-corrected chi connectivity index (χ4v) is 9.70. The van der Waals surface area contributed by atoms with E-state index in [0.717, 1.165) is 19.3 Å². The summed E-state index contributed by atoms with van der Waals surface area (Å²) in [5.41, 5.74) is 13.3. The normalized spacial score (nSPS) is 18.1. The summed E-state index contributed by atoms with van der Waals surface area (Å²) in [6, 6.07) is 51.8. The standard InChI is InChI=1S/C50H38N2.C2H6/c1-32-26-27-50(2)46(28-32)45-30-34(21-25-49(45)52(50)35-12-4-3-5-13-35)33-20-24-48-44(29-33)42-18-10-11-19-47(42)51(48)36-22-23-41-39-16-7-6-14-37(39)38-15-8-9-17-40(38)43(41)31-36;1-2/h3-20,22-24,26,28-31H,21,25,27H2,1-2H3;1-2H3. The van der Waals surface area contributed by atoms with Crippen molar-refractivity contribution < 1.29 is 0 Å². The monoisotopic (exact) mass is 696 g/mol. The molecule has 0 saturated carbocycles. The summed E-state index contributed by atoms with van der Waals surface area (Å²) in [5, 5.41) is 10.4. The topological polar surface area (TPSA) is 8.17 Å². The van der Waals surface area contributed by atoms with Crippen molar-refractivity contribution in [1.82, 2.24) is 4.57 Å². The number of fused-ring (bicyclic) bond motifs is 11. The largest absolute Gasteiger partial charge is 0.334 e. The molecule has 2 heteroatoms. The first kappa shape index (κ1) is 32.5. The highest BCUT2D eigenvalue weighted by Gasteiger charge is 2.47. The van der Waals surface area contributed by atoms with Gasteiger partial charge in [0, 0.05) is 27.8 Å². The maximum absolute atomic E-state index is 2.64. The smallest absolute Gasteiger partial charge is 0.0712 e. The highest BCUT2D eigenvalue weighted by atomic mass is 15.2. The molecule has 0 spiro atoms. The van der Waals surface area contributed by atoms with E-state index in [0.29, 0.717) is 0 Å². The van der Waals surface area contributed by atoms with Crippen molar-refractivity contribution in [3.63, 3.8) is 0 Å².